The normalized spacial score (nSPS) is 14.2. The van der Waals surface area contributed by atoms with Crippen molar-refractivity contribution in [3.05, 3.63) is 35.9 Å². The zero-order chi connectivity index (χ0) is 13.4. The molecule has 0 saturated heterocycles. The van der Waals surface area contributed by atoms with Crippen molar-refractivity contribution in [2.75, 3.05) is 17.2 Å². The van der Waals surface area contributed by atoms with Crippen LogP contribution < -0.4 is 10.6 Å². The highest BCUT2D eigenvalue weighted by Crippen LogP contribution is 2.32. The number of rotatable bonds is 3. The van der Waals surface area contributed by atoms with Crippen LogP contribution in [0.5, 0.6) is 0 Å². The third-order valence-electron chi connectivity index (χ3n) is 3.63. The van der Waals surface area contributed by atoms with Crippen LogP contribution >= 0.6 is 0 Å². The van der Waals surface area contributed by atoms with Gasteiger partial charge in [0.05, 0.1) is 6.54 Å². The van der Waals surface area contributed by atoms with Crippen LogP contribution in [-0.2, 0) is 13.0 Å². The Kier molecular flexibility index (Phi) is 2.89. The van der Waals surface area contributed by atoms with E-state index in [-0.39, 0.29) is 0 Å². The predicted octanol–water partition coefficient (Wildman–Crippen LogP) is 2.00. The molecule has 0 fully saturated rings. The minimum absolute atomic E-state index is 0.334. The SMILES string of the molecule is CC(C)n1ncnc1CN1CCc2c(N)cccc21. The maximum absolute atomic E-state index is 6.03. The minimum Gasteiger partial charge on any atom is -0.398 e. The van der Waals surface area contributed by atoms with Gasteiger partial charge in [-0.2, -0.15) is 5.10 Å². The van der Waals surface area contributed by atoms with Crippen LogP contribution in [0.2, 0.25) is 0 Å². The Labute approximate surface area is 113 Å². The number of nitrogens with zero attached hydrogens (tertiary/aromatic N) is 4. The molecule has 1 aromatic heterocycles. The molecule has 1 aromatic carbocycles. The van der Waals surface area contributed by atoms with Gasteiger partial charge in [0.15, 0.2) is 0 Å². The van der Waals surface area contributed by atoms with Gasteiger partial charge in [-0.05, 0) is 32.4 Å². The van der Waals surface area contributed by atoms with E-state index in [9.17, 15) is 0 Å². The van der Waals surface area contributed by atoms with Crippen molar-refractivity contribution in [1.82, 2.24) is 14.8 Å². The number of nitrogens with two attached hydrogens (primary N) is 1. The summed E-state index contributed by atoms with van der Waals surface area (Å²) in [5.41, 5.74) is 9.42. The molecule has 3 rings (SSSR count). The van der Waals surface area contributed by atoms with Gasteiger partial charge in [0.1, 0.15) is 12.2 Å². The molecule has 0 spiro atoms. The van der Waals surface area contributed by atoms with Gasteiger partial charge in [-0.3, -0.25) is 0 Å². The third-order valence-corrected chi connectivity index (χ3v) is 3.63. The quantitative estimate of drug-likeness (QED) is 0.854. The molecular formula is C14H19N5. The van der Waals surface area contributed by atoms with Gasteiger partial charge in [-0.25, -0.2) is 9.67 Å². The average molecular weight is 257 g/mol. The van der Waals surface area contributed by atoms with Crippen LogP contribution in [0.3, 0.4) is 0 Å². The van der Waals surface area contributed by atoms with Gasteiger partial charge < -0.3 is 10.6 Å². The van der Waals surface area contributed by atoms with Crippen LogP contribution in [-0.4, -0.2) is 21.3 Å². The van der Waals surface area contributed by atoms with Gasteiger partial charge in [-0.15, -0.1) is 0 Å². The second-order valence-corrected chi connectivity index (χ2v) is 5.23. The Morgan fingerprint density at radius 3 is 3.00 bits per heavy atom. The fourth-order valence-electron chi connectivity index (χ4n) is 2.68. The maximum Gasteiger partial charge on any atom is 0.146 e. The number of nitrogen functional groups attached to an aromatic ring is 1. The molecule has 100 valence electrons. The largest absolute Gasteiger partial charge is 0.398 e. The fourth-order valence-corrected chi connectivity index (χ4v) is 2.68. The van der Waals surface area contributed by atoms with Crippen molar-refractivity contribution in [2.45, 2.75) is 32.9 Å². The highest BCUT2D eigenvalue weighted by molar-refractivity contribution is 5.68. The van der Waals surface area contributed by atoms with Crippen LogP contribution in [0.25, 0.3) is 0 Å². The van der Waals surface area contributed by atoms with E-state index >= 15 is 0 Å². The summed E-state index contributed by atoms with van der Waals surface area (Å²) in [5, 5.41) is 4.29. The molecule has 0 amide bonds. The summed E-state index contributed by atoms with van der Waals surface area (Å²) >= 11 is 0. The predicted molar refractivity (Wildman–Crippen MR) is 76.0 cm³/mol. The van der Waals surface area contributed by atoms with E-state index in [0.29, 0.717) is 6.04 Å². The summed E-state index contributed by atoms with van der Waals surface area (Å²) in [6.45, 7) is 6.02. The lowest BCUT2D eigenvalue weighted by atomic mass is 10.1. The molecule has 0 radical (unpaired) electrons. The Morgan fingerprint density at radius 2 is 2.21 bits per heavy atom. The van der Waals surface area contributed by atoms with Gasteiger partial charge in [0.25, 0.3) is 0 Å². The number of aromatic nitrogens is 3. The molecule has 0 unspecified atom stereocenters. The van der Waals surface area contributed by atoms with Crippen molar-refractivity contribution in [2.24, 2.45) is 0 Å². The van der Waals surface area contributed by atoms with E-state index < -0.39 is 0 Å². The molecule has 5 heteroatoms. The van der Waals surface area contributed by atoms with Crippen molar-refractivity contribution in [3.63, 3.8) is 0 Å². The summed E-state index contributed by atoms with van der Waals surface area (Å²) in [4.78, 5) is 6.70. The minimum atomic E-state index is 0.334. The van der Waals surface area contributed by atoms with Gasteiger partial charge in [-0.1, -0.05) is 6.07 Å². The number of hydrogen-bond donors (Lipinski definition) is 1. The monoisotopic (exact) mass is 257 g/mol. The Balaban J connectivity index is 1.87. The van der Waals surface area contributed by atoms with E-state index in [4.69, 9.17) is 5.73 Å². The Hall–Kier alpha value is -2.04. The van der Waals surface area contributed by atoms with Crippen molar-refractivity contribution >= 4 is 11.4 Å². The highest BCUT2D eigenvalue weighted by Gasteiger charge is 2.22. The highest BCUT2D eigenvalue weighted by atomic mass is 15.4. The summed E-state index contributed by atoms with van der Waals surface area (Å²) in [5.74, 6) is 1.00. The first-order valence-corrected chi connectivity index (χ1v) is 6.67. The molecular weight excluding hydrogens is 238 g/mol. The van der Waals surface area contributed by atoms with Gasteiger partial charge in [0.2, 0.25) is 0 Å². The first kappa shape index (κ1) is 12.0. The second kappa shape index (κ2) is 4.57. The van der Waals surface area contributed by atoms with E-state index in [2.05, 4.69) is 34.9 Å². The molecule has 0 aliphatic carbocycles. The molecule has 1 aliphatic heterocycles. The van der Waals surface area contributed by atoms with E-state index in [0.717, 1.165) is 31.0 Å². The topological polar surface area (TPSA) is 60.0 Å². The van der Waals surface area contributed by atoms with Crippen LogP contribution in [0.15, 0.2) is 24.5 Å². The Bertz CT molecular complexity index is 587. The molecule has 0 atom stereocenters. The Morgan fingerprint density at radius 1 is 1.37 bits per heavy atom. The summed E-state index contributed by atoms with van der Waals surface area (Å²) in [6.07, 6.45) is 2.64. The third kappa shape index (κ3) is 2.05. The lowest BCUT2D eigenvalue weighted by Gasteiger charge is -2.20. The lowest BCUT2D eigenvalue weighted by molar-refractivity contribution is 0.502. The number of hydrogen-bond acceptors (Lipinski definition) is 4. The molecule has 1 aliphatic rings. The summed E-state index contributed by atoms with van der Waals surface area (Å²) < 4.78 is 1.98. The van der Waals surface area contributed by atoms with Crippen LogP contribution in [0, 0.1) is 0 Å². The number of fused-ring (bicyclic) bond motifs is 1. The molecule has 19 heavy (non-hydrogen) atoms. The zero-order valence-corrected chi connectivity index (χ0v) is 11.4. The van der Waals surface area contributed by atoms with Crippen LogP contribution in [0.4, 0.5) is 11.4 Å². The number of anilines is 2. The molecule has 0 saturated carbocycles. The van der Waals surface area contributed by atoms with Gasteiger partial charge >= 0.3 is 0 Å². The van der Waals surface area contributed by atoms with Crippen LogP contribution in [0.1, 0.15) is 31.3 Å². The molecule has 0 bridgehead atoms. The molecule has 2 aromatic rings. The molecule has 2 heterocycles. The fraction of sp³-hybridized carbons (Fsp3) is 0.429. The first-order chi connectivity index (χ1) is 9.16. The number of benzene rings is 1. The van der Waals surface area contributed by atoms with Crippen molar-refractivity contribution in [1.29, 1.82) is 0 Å². The van der Waals surface area contributed by atoms with Gasteiger partial charge in [0, 0.05) is 29.5 Å². The van der Waals surface area contributed by atoms with Crippen molar-refractivity contribution in [3.8, 4) is 0 Å². The second-order valence-electron chi connectivity index (χ2n) is 5.23. The molecule has 2 N–H and O–H groups in total. The summed E-state index contributed by atoms with van der Waals surface area (Å²) in [7, 11) is 0. The standard InChI is InChI=1S/C14H19N5/c1-10(2)19-14(16-9-17-19)8-18-7-6-11-12(15)4-3-5-13(11)18/h3-5,9-10H,6-8,15H2,1-2H3. The average Bonchev–Trinajstić information content (AvgIpc) is 2.98. The molecule has 5 nitrogen and oxygen atoms in total. The first-order valence-electron chi connectivity index (χ1n) is 6.67. The summed E-state index contributed by atoms with van der Waals surface area (Å²) in [6, 6.07) is 6.45. The van der Waals surface area contributed by atoms with E-state index in [1.807, 2.05) is 16.8 Å². The smallest absolute Gasteiger partial charge is 0.146 e. The maximum atomic E-state index is 6.03. The van der Waals surface area contributed by atoms with Crippen molar-refractivity contribution < 1.29 is 0 Å². The lowest BCUT2D eigenvalue weighted by Crippen LogP contribution is -2.23. The zero-order valence-electron chi connectivity index (χ0n) is 11.4. The van der Waals surface area contributed by atoms with E-state index in [1.165, 1.54) is 11.3 Å². The van der Waals surface area contributed by atoms with E-state index in [1.54, 1.807) is 6.33 Å².